The molecule has 2 N–H and O–H groups in total. The molecule has 92 valence electrons. The van der Waals surface area contributed by atoms with Gasteiger partial charge in [0.05, 0.1) is 0 Å². The summed E-state index contributed by atoms with van der Waals surface area (Å²) in [7, 11) is 1.68. The van der Waals surface area contributed by atoms with E-state index in [9.17, 15) is 9.59 Å². The van der Waals surface area contributed by atoms with Crippen molar-refractivity contribution in [1.29, 1.82) is 0 Å². The van der Waals surface area contributed by atoms with Gasteiger partial charge >= 0.3 is 12.0 Å². The predicted octanol–water partition coefficient (Wildman–Crippen LogP) is 0.998. The van der Waals surface area contributed by atoms with Gasteiger partial charge in [-0.3, -0.25) is 0 Å². The van der Waals surface area contributed by atoms with Gasteiger partial charge in [-0.1, -0.05) is 0 Å². The van der Waals surface area contributed by atoms with E-state index in [4.69, 9.17) is 5.11 Å². The Morgan fingerprint density at radius 2 is 2.12 bits per heavy atom. The number of carboxylic acids is 1. The molecule has 0 aromatic carbocycles. The maximum absolute atomic E-state index is 11.7. The highest BCUT2D eigenvalue weighted by molar-refractivity contribution is 7.98. The first-order chi connectivity index (χ1) is 7.52. The van der Waals surface area contributed by atoms with Gasteiger partial charge in [0.25, 0.3) is 0 Å². The Balaban J connectivity index is 2.46. The molecule has 5 nitrogen and oxygen atoms in total. The molecule has 1 aliphatic carbocycles. The van der Waals surface area contributed by atoms with E-state index in [0.29, 0.717) is 19.4 Å². The Labute approximate surface area is 99.6 Å². The molecular formula is C10H18N2O3S. The number of hydrogen-bond donors (Lipinski definition) is 2. The molecule has 0 saturated heterocycles. The fraction of sp³-hybridized carbons (Fsp3) is 0.800. The molecule has 0 spiro atoms. The normalized spacial score (nSPS) is 17.4. The monoisotopic (exact) mass is 246 g/mol. The highest BCUT2D eigenvalue weighted by Gasteiger charge is 2.46. The molecule has 1 rings (SSSR count). The predicted molar refractivity (Wildman–Crippen MR) is 63.8 cm³/mol. The van der Waals surface area contributed by atoms with Crippen molar-refractivity contribution in [3.8, 4) is 0 Å². The molecule has 0 unspecified atom stereocenters. The zero-order valence-corrected chi connectivity index (χ0v) is 10.5. The Kier molecular flexibility index (Phi) is 4.46. The summed E-state index contributed by atoms with van der Waals surface area (Å²) in [5.41, 5.74) is -1.01. The third-order valence-corrected chi connectivity index (χ3v) is 3.53. The minimum absolute atomic E-state index is 0.295. The lowest BCUT2D eigenvalue weighted by Crippen LogP contribution is -2.61. The quantitative estimate of drug-likeness (QED) is 0.759. The first-order valence-corrected chi connectivity index (χ1v) is 6.67. The summed E-state index contributed by atoms with van der Waals surface area (Å²) in [5.74, 6) is -0.0744. The van der Waals surface area contributed by atoms with Crippen LogP contribution in [0.1, 0.15) is 19.3 Å². The van der Waals surface area contributed by atoms with Gasteiger partial charge in [-0.05, 0) is 25.5 Å². The van der Waals surface area contributed by atoms with Gasteiger partial charge in [0.2, 0.25) is 0 Å². The van der Waals surface area contributed by atoms with Crippen LogP contribution in [-0.4, -0.2) is 53.1 Å². The molecule has 0 aromatic heterocycles. The van der Waals surface area contributed by atoms with E-state index >= 15 is 0 Å². The molecule has 0 bridgehead atoms. The van der Waals surface area contributed by atoms with Crippen LogP contribution >= 0.6 is 11.8 Å². The lowest BCUT2D eigenvalue weighted by molar-refractivity contribution is -0.148. The van der Waals surface area contributed by atoms with E-state index in [-0.39, 0.29) is 6.03 Å². The number of carboxylic acid groups (broad SMARTS) is 1. The number of hydrogen-bond acceptors (Lipinski definition) is 3. The van der Waals surface area contributed by atoms with Crippen LogP contribution in [0.3, 0.4) is 0 Å². The minimum Gasteiger partial charge on any atom is -0.480 e. The van der Waals surface area contributed by atoms with Crippen molar-refractivity contribution >= 4 is 23.8 Å². The first-order valence-electron chi connectivity index (χ1n) is 5.27. The fourth-order valence-corrected chi connectivity index (χ4v) is 2.01. The molecular weight excluding hydrogens is 228 g/mol. The van der Waals surface area contributed by atoms with Crippen LogP contribution in [0.15, 0.2) is 0 Å². The van der Waals surface area contributed by atoms with Crippen molar-refractivity contribution in [2.75, 3.05) is 25.6 Å². The van der Waals surface area contributed by atoms with Crippen LogP contribution in [0.2, 0.25) is 0 Å². The Morgan fingerprint density at radius 3 is 2.50 bits per heavy atom. The van der Waals surface area contributed by atoms with E-state index in [1.165, 1.54) is 4.90 Å². The summed E-state index contributed by atoms with van der Waals surface area (Å²) in [5, 5.41) is 11.7. The smallest absolute Gasteiger partial charge is 0.329 e. The zero-order chi connectivity index (χ0) is 12.2. The standard InChI is InChI=1S/C10H18N2O3S/c1-12(6-7-16-2)9(15)11-10(8(13)14)4-3-5-10/h3-7H2,1-2H3,(H,11,15)(H,13,14). The second-order valence-corrected chi connectivity index (χ2v) is 5.07. The number of nitrogens with zero attached hydrogens (tertiary/aromatic N) is 1. The molecule has 1 saturated carbocycles. The summed E-state index contributed by atoms with van der Waals surface area (Å²) < 4.78 is 0. The third-order valence-electron chi connectivity index (χ3n) is 2.94. The van der Waals surface area contributed by atoms with Crippen molar-refractivity contribution in [3.63, 3.8) is 0 Å². The fourth-order valence-electron chi connectivity index (χ4n) is 1.55. The Hall–Kier alpha value is -0.910. The SMILES string of the molecule is CSCCN(C)C(=O)NC1(C(=O)O)CCC1. The number of carbonyl (C=O) groups is 2. The highest BCUT2D eigenvalue weighted by Crippen LogP contribution is 2.32. The Morgan fingerprint density at radius 1 is 1.50 bits per heavy atom. The van der Waals surface area contributed by atoms with E-state index in [2.05, 4.69) is 5.32 Å². The first kappa shape index (κ1) is 13.2. The molecule has 0 aromatic rings. The van der Waals surface area contributed by atoms with Crippen molar-refractivity contribution in [2.45, 2.75) is 24.8 Å². The number of urea groups is 1. The average molecular weight is 246 g/mol. The molecule has 6 heteroatoms. The maximum atomic E-state index is 11.7. The number of amides is 2. The van der Waals surface area contributed by atoms with Gasteiger partial charge < -0.3 is 15.3 Å². The lowest BCUT2D eigenvalue weighted by atomic mass is 9.77. The van der Waals surface area contributed by atoms with Crippen LogP contribution in [0.4, 0.5) is 4.79 Å². The van der Waals surface area contributed by atoms with Crippen molar-refractivity contribution in [3.05, 3.63) is 0 Å². The van der Waals surface area contributed by atoms with Gasteiger partial charge in [0, 0.05) is 19.3 Å². The van der Waals surface area contributed by atoms with Crippen molar-refractivity contribution in [1.82, 2.24) is 10.2 Å². The molecule has 2 amide bonds. The van der Waals surface area contributed by atoms with Crippen LogP contribution in [-0.2, 0) is 4.79 Å². The highest BCUT2D eigenvalue weighted by atomic mass is 32.2. The van der Waals surface area contributed by atoms with Crippen LogP contribution in [0.25, 0.3) is 0 Å². The second kappa shape index (κ2) is 5.43. The van der Waals surface area contributed by atoms with Gasteiger partial charge in [-0.25, -0.2) is 9.59 Å². The van der Waals surface area contributed by atoms with Crippen molar-refractivity contribution in [2.24, 2.45) is 0 Å². The zero-order valence-electron chi connectivity index (χ0n) is 9.65. The number of rotatable bonds is 5. The minimum atomic E-state index is -1.01. The molecule has 0 heterocycles. The number of aliphatic carboxylic acids is 1. The van der Waals surface area contributed by atoms with Gasteiger partial charge in [-0.15, -0.1) is 0 Å². The van der Waals surface area contributed by atoms with Gasteiger partial charge in [0.1, 0.15) is 5.54 Å². The number of nitrogens with one attached hydrogen (secondary N) is 1. The molecule has 0 aliphatic heterocycles. The average Bonchev–Trinajstić information content (AvgIpc) is 2.18. The Bertz CT molecular complexity index is 279. The summed E-state index contributed by atoms with van der Waals surface area (Å²) >= 11 is 1.65. The molecule has 16 heavy (non-hydrogen) atoms. The van der Waals surface area contributed by atoms with Gasteiger partial charge in [0.15, 0.2) is 0 Å². The summed E-state index contributed by atoms with van der Waals surface area (Å²) in [6.07, 6.45) is 3.90. The summed E-state index contributed by atoms with van der Waals surface area (Å²) in [6.45, 7) is 0.628. The largest absolute Gasteiger partial charge is 0.480 e. The van der Waals surface area contributed by atoms with Gasteiger partial charge in [-0.2, -0.15) is 11.8 Å². The molecule has 1 aliphatic rings. The van der Waals surface area contributed by atoms with Crippen LogP contribution in [0, 0.1) is 0 Å². The summed E-state index contributed by atoms with van der Waals surface area (Å²) in [4.78, 5) is 24.3. The number of thioether (sulfide) groups is 1. The lowest BCUT2D eigenvalue weighted by Gasteiger charge is -2.39. The summed E-state index contributed by atoms with van der Waals surface area (Å²) in [6, 6.07) is -0.295. The molecule has 0 radical (unpaired) electrons. The second-order valence-electron chi connectivity index (χ2n) is 4.09. The van der Waals surface area contributed by atoms with E-state index in [0.717, 1.165) is 12.2 Å². The number of carbonyl (C=O) groups excluding carboxylic acids is 1. The van der Waals surface area contributed by atoms with E-state index in [1.54, 1.807) is 18.8 Å². The maximum Gasteiger partial charge on any atom is 0.329 e. The topological polar surface area (TPSA) is 69.6 Å². The van der Waals surface area contributed by atoms with Crippen molar-refractivity contribution < 1.29 is 14.7 Å². The van der Waals surface area contributed by atoms with Crippen LogP contribution < -0.4 is 5.32 Å². The molecule has 1 fully saturated rings. The van der Waals surface area contributed by atoms with E-state index in [1.807, 2.05) is 6.26 Å². The van der Waals surface area contributed by atoms with E-state index < -0.39 is 11.5 Å². The third kappa shape index (κ3) is 2.81. The molecule has 0 atom stereocenters. The van der Waals surface area contributed by atoms with Crippen LogP contribution in [0.5, 0.6) is 0 Å².